The Labute approximate surface area is 156 Å². The van der Waals surface area contributed by atoms with Gasteiger partial charge in [0.05, 0.1) is 11.9 Å². The van der Waals surface area contributed by atoms with Gasteiger partial charge in [-0.3, -0.25) is 4.79 Å². The lowest BCUT2D eigenvalue weighted by molar-refractivity contribution is -0.149. The third kappa shape index (κ3) is 2.96. The Balaban J connectivity index is 1.81. The topological polar surface area (TPSA) is 85.3 Å². The number of para-hydroxylation sites is 1. The van der Waals surface area contributed by atoms with E-state index in [1.807, 2.05) is 5.32 Å². The Hall–Kier alpha value is -3.43. The number of hydrogen-bond donors (Lipinski definition) is 1. The van der Waals surface area contributed by atoms with Crippen LogP contribution < -0.4 is 5.32 Å². The maximum absolute atomic E-state index is 12.8. The monoisotopic (exact) mass is 389 g/mol. The lowest BCUT2D eigenvalue weighted by atomic mass is 10.1. The van der Waals surface area contributed by atoms with Gasteiger partial charge in [-0.2, -0.15) is 18.3 Å². The quantitative estimate of drug-likeness (QED) is 0.579. The van der Waals surface area contributed by atoms with Gasteiger partial charge in [-0.05, 0) is 37.6 Å². The zero-order chi connectivity index (χ0) is 20.1. The predicted octanol–water partition coefficient (Wildman–Crippen LogP) is 3.53. The van der Waals surface area contributed by atoms with Crippen molar-refractivity contribution >= 4 is 22.7 Å². The minimum atomic E-state index is -4.55. The molecule has 1 aromatic carbocycles. The summed E-state index contributed by atoms with van der Waals surface area (Å²) in [5.41, 5.74) is 3.25. The van der Waals surface area contributed by atoms with Crippen LogP contribution in [-0.2, 0) is 0 Å². The standard InChI is InChI=1S/C18H14F3N5O2/c1-9-6-13(11-4-3-5-12-15(11)28-8-23-12)25-26-14(7-22-16(9)26)17(27)24-10(2)18(19,20)21/h3-8,10H,1-2H3,(H,24,27). The second-order valence-corrected chi connectivity index (χ2v) is 6.33. The number of hydrogen-bond acceptors (Lipinski definition) is 5. The molecule has 7 nitrogen and oxygen atoms in total. The third-order valence-electron chi connectivity index (χ3n) is 4.36. The van der Waals surface area contributed by atoms with E-state index in [0.29, 0.717) is 33.6 Å². The minimum Gasteiger partial charge on any atom is -0.443 e. The van der Waals surface area contributed by atoms with E-state index in [1.54, 1.807) is 31.2 Å². The van der Waals surface area contributed by atoms with Crippen LogP contribution >= 0.6 is 0 Å². The molecular weight excluding hydrogens is 375 g/mol. The molecule has 1 atom stereocenters. The number of amides is 1. The van der Waals surface area contributed by atoms with Crippen molar-refractivity contribution < 1.29 is 22.4 Å². The molecule has 0 aliphatic carbocycles. The molecule has 1 N–H and O–H groups in total. The van der Waals surface area contributed by atoms with Crippen molar-refractivity contribution in [2.75, 3.05) is 0 Å². The van der Waals surface area contributed by atoms with Gasteiger partial charge in [0.25, 0.3) is 5.91 Å². The van der Waals surface area contributed by atoms with Crippen LogP contribution in [0.1, 0.15) is 23.0 Å². The van der Waals surface area contributed by atoms with E-state index in [-0.39, 0.29) is 5.69 Å². The second kappa shape index (κ2) is 6.32. The molecule has 3 aromatic heterocycles. The molecule has 4 rings (SSSR count). The fraction of sp³-hybridized carbons (Fsp3) is 0.222. The summed E-state index contributed by atoms with van der Waals surface area (Å²) < 4.78 is 44.9. The highest BCUT2D eigenvalue weighted by Crippen LogP contribution is 2.28. The van der Waals surface area contributed by atoms with Crippen molar-refractivity contribution in [3.63, 3.8) is 0 Å². The Morgan fingerprint density at radius 1 is 1.29 bits per heavy atom. The van der Waals surface area contributed by atoms with E-state index >= 15 is 0 Å². The zero-order valence-electron chi connectivity index (χ0n) is 14.8. The molecule has 0 radical (unpaired) electrons. The van der Waals surface area contributed by atoms with Crippen molar-refractivity contribution in [1.29, 1.82) is 0 Å². The van der Waals surface area contributed by atoms with E-state index in [1.165, 1.54) is 17.1 Å². The average Bonchev–Trinajstić information content (AvgIpc) is 3.27. The number of nitrogens with one attached hydrogen (secondary N) is 1. The highest BCUT2D eigenvalue weighted by atomic mass is 19.4. The first-order valence-corrected chi connectivity index (χ1v) is 8.31. The fourth-order valence-corrected chi connectivity index (χ4v) is 2.85. The first-order chi connectivity index (χ1) is 13.3. The largest absolute Gasteiger partial charge is 0.443 e. The molecule has 10 heteroatoms. The van der Waals surface area contributed by atoms with Crippen molar-refractivity contribution in [3.8, 4) is 11.3 Å². The SMILES string of the molecule is Cc1cc(-c2cccc3ncoc23)nn2c(C(=O)NC(C)C(F)(F)F)cnc12. The van der Waals surface area contributed by atoms with Gasteiger partial charge in [0.1, 0.15) is 11.6 Å². The molecule has 0 bridgehead atoms. The highest BCUT2D eigenvalue weighted by molar-refractivity contribution is 5.94. The van der Waals surface area contributed by atoms with Crippen LogP contribution in [0.5, 0.6) is 0 Å². The summed E-state index contributed by atoms with van der Waals surface area (Å²) in [7, 11) is 0. The number of benzene rings is 1. The van der Waals surface area contributed by atoms with Crippen molar-refractivity contribution in [3.05, 3.63) is 48.1 Å². The molecule has 4 aromatic rings. The van der Waals surface area contributed by atoms with Crippen LogP contribution in [0.15, 0.2) is 41.3 Å². The third-order valence-corrected chi connectivity index (χ3v) is 4.36. The minimum absolute atomic E-state index is 0.0965. The second-order valence-electron chi connectivity index (χ2n) is 6.33. The van der Waals surface area contributed by atoms with E-state index in [4.69, 9.17) is 4.42 Å². The number of alkyl halides is 3. The summed E-state index contributed by atoms with van der Waals surface area (Å²) >= 11 is 0. The molecule has 144 valence electrons. The number of carbonyl (C=O) groups excluding carboxylic acids is 1. The highest BCUT2D eigenvalue weighted by Gasteiger charge is 2.37. The number of imidazole rings is 1. The van der Waals surface area contributed by atoms with Gasteiger partial charge < -0.3 is 9.73 Å². The normalized spacial score (nSPS) is 13.2. The number of aromatic nitrogens is 4. The molecule has 0 aliphatic rings. The summed E-state index contributed by atoms with van der Waals surface area (Å²) in [5.74, 6) is -0.917. The number of nitrogens with zero attached hydrogens (tertiary/aromatic N) is 4. The summed E-state index contributed by atoms with van der Waals surface area (Å²) in [5, 5.41) is 6.34. The van der Waals surface area contributed by atoms with Crippen LogP contribution in [0.4, 0.5) is 13.2 Å². The van der Waals surface area contributed by atoms with Crippen LogP contribution in [-0.4, -0.2) is 37.7 Å². The Morgan fingerprint density at radius 3 is 2.82 bits per heavy atom. The van der Waals surface area contributed by atoms with Crippen LogP contribution in [0, 0.1) is 6.92 Å². The van der Waals surface area contributed by atoms with Crippen LogP contribution in [0.2, 0.25) is 0 Å². The number of rotatable bonds is 3. The fourth-order valence-electron chi connectivity index (χ4n) is 2.85. The molecule has 28 heavy (non-hydrogen) atoms. The summed E-state index contributed by atoms with van der Waals surface area (Å²) in [6.45, 7) is 2.64. The Morgan fingerprint density at radius 2 is 2.07 bits per heavy atom. The summed E-state index contributed by atoms with van der Waals surface area (Å²) in [6, 6.07) is 5.11. The number of halogens is 3. The number of fused-ring (bicyclic) bond motifs is 2. The molecule has 0 fully saturated rings. The summed E-state index contributed by atoms with van der Waals surface area (Å²) in [6.07, 6.45) is -2.03. The van der Waals surface area contributed by atoms with Gasteiger partial charge in [0, 0.05) is 5.56 Å². The van der Waals surface area contributed by atoms with Gasteiger partial charge in [-0.1, -0.05) is 6.07 Å². The van der Waals surface area contributed by atoms with Crippen molar-refractivity contribution in [2.24, 2.45) is 0 Å². The molecule has 0 aliphatic heterocycles. The van der Waals surface area contributed by atoms with Gasteiger partial charge in [-0.25, -0.2) is 14.5 Å². The first kappa shape index (κ1) is 18.0. The van der Waals surface area contributed by atoms with Crippen molar-refractivity contribution in [1.82, 2.24) is 24.9 Å². The first-order valence-electron chi connectivity index (χ1n) is 8.31. The van der Waals surface area contributed by atoms with E-state index in [0.717, 1.165) is 6.92 Å². The van der Waals surface area contributed by atoms with Gasteiger partial charge >= 0.3 is 6.18 Å². The summed E-state index contributed by atoms with van der Waals surface area (Å²) in [4.78, 5) is 20.6. The van der Waals surface area contributed by atoms with Gasteiger partial charge in [-0.15, -0.1) is 0 Å². The zero-order valence-corrected chi connectivity index (χ0v) is 14.8. The van der Waals surface area contributed by atoms with E-state index < -0.39 is 18.1 Å². The lowest BCUT2D eigenvalue weighted by Crippen LogP contribution is -2.43. The number of aryl methyl sites for hydroxylation is 1. The molecule has 0 saturated carbocycles. The molecular formula is C18H14F3N5O2. The number of oxazole rings is 1. The Bertz CT molecular complexity index is 1200. The maximum atomic E-state index is 12.8. The van der Waals surface area contributed by atoms with Crippen LogP contribution in [0.25, 0.3) is 28.0 Å². The van der Waals surface area contributed by atoms with E-state index in [2.05, 4.69) is 15.1 Å². The molecule has 0 spiro atoms. The molecule has 1 unspecified atom stereocenters. The lowest BCUT2D eigenvalue weighted by Gasteiger charge is -2.16. The average molecular weight is 389 g/mol. The Kier molecular flexibility index (Phi) is 4.06. The predicted molar refractivity (Wildman–Crippen MR) is 93.7 cm³/mol. The molecule has 0 saturated heterocycles. The number of carbonyl (C=O) groups is 1. The molecule has 1 amide bonds. The van der Waals surface area contributed by atoms with Crippen LogP contribution in [0.3, 0.4) is 0 Å². The van der Waals surface area contributed by atoms with Gasteiger partial charge in [0.15, 0.2) is 23.3 Å². The van der Waals surface area contributed by atoms with Gasteiger partial charge in [0.2, 0.25) is 0 Å². The van der Waals surface area contributed by atoms with Crippen molar-refractivity contribution in [2.45, 2.75) is 26.1 Å². The smallest absolute Gasteiger partial charge is 0.408 e. The van der Waals surface area contributed by atoms with E-state index in [9.17, 15) is 18.0 Å². The maximum Gasteiger partial charge on any atom is 0.408 e. The molecule has 3 heterocycles.